The molecule has 104 valence electrons. The Morgan fingerprint density at radius 2 is 1.95 bits per heavy atom. The average molecular weight is 269 g/mol. The molecule has 0 amide bonds. The van der Waals surface area contributed by atoms with E-state index in [0.717, 1.165) is 37.5 Å². The Bertz CT molecular complexity index is 545. The number of morpholine rings is 1. The zero-order valence-corrected chi connectivity index (χ0v) is 11.7. The highest BCUT2D eigenvalue weighted by Crippen LogP contribution is 2.19. The fourth-order valence-corrected chi connectivity index (χ4v) is 2.32. The Hall–Kier alpha value is -1.78. The monoisotopic (exact) mass is 269 g/mol. The van der Waals surface area contributed by atoms with Gasteiger partial charge in [0.2, 0.25) is 0 Å². The van der Waals surface area contributed by atoms with Gasteiger partial charge in [0.1, 0.15) is 5.82 Å². The van der Waals surface area contributed by atoms with Crippen molar-refractivity contribution >= 4 is 0 Å². The molecule has 2 aromatic rings. The summed E-state index contributed by atoms with van der Waals surface area (Å²) in [6.45, 7) is 4.61. The topological polar surface area (TPSA) is 47.0 Å². The van der Waals surface area contributed by atoms with Crippen LogP contribution in [0.5, 0.6) is 0 Å². The van der Waals surface area contributed by atoms with E-state index in [9.17, 15) is 0 Å². The molecular weight excluding hydrogens is 250 g/mol. The number of nitrogens with zero attached hydrogens (tertiary/aromatic N) is 2. The highest BCUT2D eigenvalue weighted by Gasteiger charge is 2.15. The fraction of sp³-hybridized carbons (Fsp3) is 0.375. The smallest absolute Gasteiger partial charge is 0.132 e. The van der Waals surface area contributed by atoms with Crippen LogP contribution in [0.25, 0.3) is 0 Å². The van der Waals surface area contributed by atoms with Crippen molar-refractivity contribution < 1.29 is 4.74 Å². The summed E-state index contributed by atoms with van der Waals surface area (Å²) in [6, 6.07) is 8.55. The van der Waals surface area contributed by atoms with Crippen molar-refractivity contribution in [1.29, 1.82) is 0 Å². The van der Waals surface area contributed by atoms with Crippen molar-refractivity contribution in [1.82, 2.24) is 15.3 Å². The summed E-state index contributed by atoms with van der Waals surface area (Å²) in [6.07, 6.45) is 4.66. The molecule has 1 N–H and O–H groups in total. The van der Waals surface area contributed by atoms with Crippen LogP contribution in [0.2, 0.25) is 0 Å². The summed E-state index contributed by atoms with van der Waals surface area (Å²) < 4.78 is 5.75. The van der Waals surface area contributed by atoms with Crippen molar-refractivity contribution in [2.24, 2.45) is 0 Å². The van der Waals surface area contributed by atoms with Crippen LogP contribution in [0, 0.1) is 6.92 Å². The molecule has 1 saturated heterocycles. The van der Waals surface area contributed by atoms with Gasteiger partial charge in [0.05, 0.1) is 12.7 Å². The summed E-state index contributed by atoms with van der Waals surface area (Å²) in [4.78, 5) is 8.68. The van der Waals surface area contributed by atoms with E-state index in [4.69, 9.17) is 4.74 Å². The van der Waals surface area contributed by atoms with Gasteiger partial charge in [0.25, 0.3) is 0 Å². The quantitative estimate of drug-likeness (QED) is 0.926. The molecule has 4 heteroatoms. The molecule has 0 unspecified atom stereocenters. The van der Waals surface area contributed by atoms with Gasteiger partial charge in [-0.25, -0.2) is 9.97 Å². The van der Waals surface area contributed by atoms with Gasteiger partial charge in [-0.15, -0.1) is 0 Å². The van der Waals surface area contributed by atoms with Crippen molar-refractivity contribution in [2.45, 2.75) is 19.4 Å². The van der Waals surface area contributed by atoms with Gasteiger partial charge in [-0.3, -0.25) is 0 Å². The summed E-state index contributed by atoms with van der Waals surface area (Å²) in [5.74, 6) is 0.860. The van der Waals surface area contributed by atoms with Gasteiger partial charge in [-0.2, -0.15) is 0 Å². The van der Waals surface area contributed by atoms with Crippen molar-refractivity contribution in [2.75, 3.05) is 19.7 Å². The number of aromatic nitrogens is 2. The van der Waals surface area contributed by atoms with Crippen LogP contribution < -0.4 is 5.32 Å². The van der Waals surface area contributed by atoms with E-state index in [0.29, 0.717) is 0 Å². The highest BCUT2D eigenvalue weighted by atomic mass is 16.5. The first-order valence-electron chi connectivity index (χ1n) is 7.00. The molecule has 0 spiro atoms. The number of ether oxygens (including phenoxy) is 1. The minimum atomic E-state index is 0.174. The third-order valence-corrected chi connectivity index (χ3v) is 3.48. The molecule has 1 atom stereocenters. The normalized spacial score (nSPS) is 18.9. The summed E-state index contributed by atoms with van der Waals surface area (Å²) in [5, 5.41) is 3.35. The Morgan fingerprint density at radius 1 is 1.20 bits per heavy atom. The zero-order chi connectivity index (χ0) is 13.8. The van der Waals surface area contributed by atoms with Crippen molar-refractivity contribution in [3.63, 3.8) is 0 Å². The number of hydrogen-bond acceptors (Lipinski definition) is 4. The van der Waals surface area contributed by atoms with E-state index in [1.54, 1.807) is 0 Å². The van der Waals surface area contributed by atoms with Gasteiger partial charge in [-0.05, 0) is 23.6 Å². The number of rotatable bonds is 3. The van der Waals surface area contributed by atoms with Crippen LogP contribution in [0.1, 0.15) is 28.6 Å². The molecule has 0 saturated carbocycles. The van der Waals surface area contributed by atoms with E-state index < -0.39 is 0 Å². The second-order valence-corrected chi connectivity index (χ2v) is 5.16. The SMILES string of the molecule is Cc1cnc(Cc2ccc([C@H]3CNCCO3)cc2)nc1. The number of benzene rings is 1. The third-order valence-electron chi connectivity index (χ3n) is 3.48. The van der Waals surface area contributed by atoms with Crippen LogP contribution in [0.15, 0.2) is 36.7 Å². The van der Waals surface area contributed by atoms with Crippen molar-refractivity contribution in [3.8, 4) is 0 Å². The lowest BCUT2D eigenvalue weighted by Gasteiger charge is -2.24. The molecule has 2 heterocycles. The first-order valence-corrected chi connectivity index (χ1v) is 7.00. The Morgan fingerprint density at radius 3 is 2.60 bits per heavy atom. The van der Waals surface area contributed by atoms with Crippen LogP contribution in [0.4, 0.5) is 0 Å². The van der Waals surface area contributed by atoms with Crippen LogP contribution in [-0.2, 0) is 11.2 Å². The fourth-order valence-electron chi connectivity index (χ4n) is 2.32. The second-order valence-electron chi connectivity index (χ2n) is 5.16. The molecule has 4 nitrogen and oxygen atoms in total. The van der Waals surface area contributed by atoms with E-state index >= 15 is 0 Å². The minimum Gasteiger partial charge on any atom is -0.371 e. The minimum absolute atomic E-state index is 0.174. The predicted molar refractivity (Wildman–Crippen MR) is 77.6 cm³/mol. The lowest BCUT2D eigenvalue weighted by molar-refractivity contribution is 0.0277. The van der Waals surface area contributed by atoms with Gasteiger partial charge in [-0.1, -0.05) is 24.3 Å². The summed E-state index contributed by atoms with van der Waals surface area (Å²) >= 11 is 0. The van der Waals surface area contributed by atoms with Gasteiger partial charge >= 0.3 is 0 Å². The molecule has 1 fully saturated rings. The first kappa shape index (κ1) is 13.2. The lowest BCUT2D eigenvalue weighted by atomic mass is 10.0. The Labute approximate surface area is 119 Å². The van der Waals surface area contributed by atoms with Gasteiger partial charge in [0, 0.05) is 31.9 Å². The maximum absolute atomic E-state index is 5.75. The molecule has 3 rings (SSSR count). The molecule has 1 aliphatic heterocycles. The standard InChI is InChI=1S/C16H19N3O/c1-12-9-18-16(19-10-12)8-13-2-4-14(5-3-13)15-11-17-6-7-20-15/h2-5,9-10,15,17H,6-8,11H2,1H3/t15-/m1/s1. The highest BCUT2D eigenvalue weighted by molar-refractivity contribution is 5.26. The maximum atomic E-state index is 5.75. The number of hydrogen-bond donors (Lipinski definition) is 1. The number of nitrogens with one attached hydrogen (secondary N) is 1. The second kappa shape index (κ2) is 6.11. The molecule has 1 aliphatic rings. The van der Waals surface area contributed by atoms with Gasteiger partial charge in [0.15, 0.2) is 0 Å². The molecule has 0 bridgehead atoms. The van der Waals surface area contributed by atoms with Gasteiger partial charge < -0.3 is 10.1 Å². The predicted octanol–water partition coefficient (Wildman–Crippen LogP) is 2.04. The van der Waals surface area contributed by atoms with E-state index in [1.807, 2.05) is 19.3 Å². The Kier molecular flexibility index (Phi) is 4.04. The van der Waals surface area contributed by atoms with Crippen LogP contribution >= 0.6 is 0 Å². The summed E-state index contributed by atoms with van der Waals surface area (Å²) in [5.41, 5.74) is 3.54. The molecular formula is C16H19N3O. The average Bonchev–Trinajstić information content (AvgIpc) is 2.51. The van der Waals surface area contributed by atoms with Crippen molar-refractivity contribution in [3.05, 3.63) is 59.2 Å². The lowest BCUT2D eigenvalue weighted by Crippen LogP contribution is -2.33. The first-order chi connectivity index (χ1) is 9.81. The number of aryl methyl sites for hydroxylation is 1. The molecule has 0 radical (unpaired) electrons. The maximum Gasteiger partial charge on any atom is 0.132 e. The van der Waals surface area contributed by atoms with E-state index in [2.05, 4.69) is 39.6 Å². The Balaban J connectivity index is 1.67. The zero-order valence-electron chi connectivity index (χ0n) is 11.7. The third kappa shape index (κ3) is 3.21. The largest absolute Gasteiger partial charge is 0.371 e. The summed E-state index contributed by atoms with van der Waals surface area (Å²) in [7, 11) is 0. The molecule has 20 heavy (non-hydrogen) atoms. The van der Waals surface area contributed by atoms with Crippen LogP contribution in [0.3, 0.4) is 0 Å². The molecule has 1 aromatic carbocycles. The molecule has 1 aromatic heterocycles. The molecule has 0 aliphatic carbocycles. The van der Waals surface area contributed by atoms with E-state index in [1.165, 1.54) is 11.1 Å². The van der Waals surface area contributed by atoms with Crippen LogP contribution in [-0.4, -0.2) is 29.7 Å². The van der Waals surface area contributed by atoms with E-state index in [-0.39, 0.29) is 6.10 Å².